The van der Waals surface area contributed by atoms with Crippen molar-refractivity contribution in [1.29, 1.82) is 0 Å². The summed E-state index contributed by atoms with van der Waals surface area (Å²) in [6.07, 6.45) is 6.22. The molecule has 2 aromatic rings. The molecule has 1 aliphatic rings. The number of H-pyrrole nitrogens is 1. The van der Waals surface area contributed by atoms with Crippen LogP contribution in [0.25, 0.3) is 0 Å². The number of nitrogens with one attached hydrogen (secondary N) is 1. The van der Waals surface area contributed by atoms with Gasteiger partial charge in [0, 0.05) is 29.6 Å². The highest BCUT2D eigenvalue weighted by atomic mass is 35.5. The van der Waals surface area contributed by atoms with Gasteiger partial charge in [0.15, 0.2) is 0 Å². The number of ether oxygens (including phenoxy) is 1. The van der Waals surface area contributed by atoms with E-state index in [-0.39, 0.29) is 12.7 Å². The average molecular weight is 339 g/mol. The first kappa shape index (κ1) is 15.9. The molecule has 2 heterocycles. The maximum absolute atomic E-state index is 9.39. The van der Waals surface area contributed by atoms with E-state index in [9.17, 15) is 5.11 Å². The van der Waals surface area contributed by atoms with Gasteiger partial charge in [-0.05, 0) is 30.5 Å². The molecule has 2 atom stereocenters. The van der Waals surface area contributed by atoms with Crippen LogP contribution in [0.15, 0.2) is 36.7 Å². The number of hydrogen-bond donors (Lipinski definition) is 2. The molecule has 1 saturated heterocycles. The van der Waals surface area contributed by atoms with Crippen molar-refractivity contribution in [2.75, 3.05) is 12.4 Å². The van der Waals surface area contributed by atoms with Gasteiger partial charge in [0.25, 0.3) is 0 Å². The third-order valence-corrected chi connectivity index (χ3v) is 5.61. The van der Waals surface area contributed by atoms with Crippen LogP contribution in [0.2, 0.25) is 5.02 Å². The second-order valence-electron chi connectivity index (χ2n) is 5.38. The minimum absolute atomic E-state index is 0.0561. The van der Waals surface area contributed by atoms with Crippen LogP contribution in [0.3, 0.4) is 0 Å². The lowest BCUT2D eigenvalue weighted by atomic mass is 10.0. The Bertz CT molecular complexity index is 591. The monoisotopic (exact) mass is 338 g/mol. The minimum atomic E-state index is -0.398. The van der Waals surface area contributed by atoms with Crippen LogP contribution in [-0.4, -0.2) is 33.5 Å². The van der Waals surface area contributed by atoms with Crippen LogP contribution >= 0.6 is 23.4 Å². The van der Waals surface area contributed by atoms with E-state index in [4.69, 9.17) is 16.3 Å². The smallest absolute Gasteiger partial charge is 0.139 e. The van der Waals surface area contributed by atoms with Gasteiger partial charge in [0.05, 0.1) is 12.7 Å². The zero-order valence-electron chi connectivity index (χ0n) is 12.2. The summed E-state index contributed by atoms with van der Waals surface area (Å²) < 4.78 is 6.18. The number of aryl methyl sites for hydroxylation is 1. The van der Waals surface area contributed by atoms with E-state index in [1.807, 2.05) is 30.5 Å². The Morgan fingerprint density at radius 3 is 2.86 bits per heavy atom. The van der Waals surface area contributed by atoms with Crippen LogP contribution in [0.1, 0.15) is 24.2 Å². The molecule has 118 valence electrons. The number of aromatic amines is 1. The normalized spacial score (nSPS) is 24.7. The predicted molar refractivity (Wildman–Crippen MR) is 89.1 cm³/mol. The number of benzene rings is 1. The Balaban J connectivity index is 1.73. The molecule has 22 heavy (non-hydrogen) atoms. The molecule has 6 heteroatoms. The van der Waals surface area contributed by atoms with Gasteiger partial charge in [-0.1, -0.05) is 23.7 Å². The first-order valence-corrected chi connectivity index (χ1v) is 8.75. The van der Waals surface area contributed by atoms with E-state index in [1.165, 1.54) is 0 Å². The molecule has 3 rings (SSSR count). The van der Waals surface area contributed by atoms with Gasteiger partial charge in [-0.15, -0.1) is 11.8 Å². The van der Waals surface area contributed by atoms with Crippen molar-refractivity contribution in [2.24, 2.45) is 0 Å². The molecule has 0 bridgehead atoms. The molecule has 0 saturated carbocycles. The molecule has 1 fully saturated rings. The van der Waals surface area contributed by atoms with Crippen molar-refractivity contribution in [3.63, 3.8) is 0 Å². The van der Waals surface area contributed by atoms with Crippen molar-refractivity contribution in [2.45, 2.75) is 30.3 Å². The predicted octanol–water partition coefficient (Wildman–Crippen LogP) is 3.36. The van der Waals surface area contributed by atoms with Crippen molar-refractivity contribution < 1.29 is 9.84 Å². The first-order valence-electron chi connectivity index (χ1n) is 7.39. The Kier molecular flexibility index (Phi) is 5.08. The third-order valence-electron chi connectivity index (χ3n) is 3.82. The number of hydrogen-bond acceptors (Lipinski definition) is 4. The fourth-order valence-electron chi connectivity index (χ4n) is 2.71. The highest BCUT2D eigenvalue weighted by molar-refractivity contribution is 8.00. The summed E-state index contributed by atoms with van der Waals surface area (Å²) in [5, 5.41) is 10.1. The Morgan fingerprint density at radius 1 is 1.41 bits per heavy atom. The number of thioether (sulfide) groups is 1. The molecular formula is C16H19ClN2O2S. The molecule has 0 aliphatic carbocycles. The standard InChI is InChI=1S/C16H19ClN2O2S/c17-13-5-3-12(4-6-13)16(21-14(10-20)11-22-16)7-1-2-15-18-8-9-19-15/h3-6,8-9,14,20H,1-2,7,10-11H2,(H,18,19)/t14-,16-/m1/s1. The lowest BCUT2D eigenvalue weighted by Crippen LogP contribution is -2.26. The zero-order chi connectivity index (χ0) is 15.4. The van der Waals surface area contributed by atoms with Gasteiger partial charge in [-0.3, -0.25) is 0 Å². The number of aliphatic hydroxyl groups excluding tert-OH is 1. The van der Waals surface area contributed by atoms with Crippen molar-refractivity contribution in [1.82, 2.24) is 9.97 Å². The molecule has 0 radical (unpaired) electrons. The lowest BCUT2D eigenvalue weighted by molar-refractivity contribution is -0.0395. The van der Waals surface area contributed by atoms with E-state index in [0.717, 1.165) is 41.4 Å². The molecule has 0 unspecified atom stereocenters. The maximum atomic E-state index is 9.39. The van der Waals surface area contributed by atoms with Gasteiger partial charge in [-0.2, -0.15) is 0 Å². The fourth-order valence-corrected chi connectivity index (χ4v) is 4.26. The summed E-state index contributed by atoms with van der Waals surface area (Å²) in [6.45, 7) is 0.0561. The van der Waals surface area contributed by atoms with Crippen LogP contribution in [0.4, 0.5) is 0 Å². The number of aliphatic hydroxyl groups is 1. The van der Waals surface area contributed by atoms with Gasteiger partial charge in [-0.25, -0.2) is 4.98 Å². The topological polar surface area (TPSA) is 58.1 Å². The van der Waals surface area contributed by atoms with Crippen LogP contribution < -0.4 is 0 Å². The fraction of sp³-hybridized carbons (Fsp3) is 0.438. The molecule has 0 spiro atoms. The van der Waals surface area contributed by atoms with Gasteiger partial charge >= 0.3 is 0 Å². The van der Waals surface area contributed by atoms with Gasteiger partial charge in [0.1, 0.15) is 10.8 Å². The summed E-state index contributed by atoms with van der Waals surface area (Å²) in [7, 11) is 0. The van der Waals surface area contributed by atoms with Gasteiger partial charge < -0.3 is 14.8 Å². The molecule has 1 aromatic heterocycles. The molecule has 1 aromatic carbocycles. The minimum Gasteiger partial charge on any atom is -0.394 e. The number of imidazole rings is 1. The summed E-state index contributed by atoms with van der Waals surface area (Å²) in [5.41, 5.74) is 1.11. The Labute approximate surface area is 139 Å². The van der Waals surface area contributed by atoms with Gasteiger partial charge in [0.2, 0.25) is 0 Å². The van der Waals surface area contributed by atoms with Crippen molar-refractivity contribution >= 4 is 23.4 Å². The Hall–Kier alpha value is -1.01. The second kappa shape index (κ2) is 7.04. The SMILES string of the molecule is OC[C@@H]1CS[C@](CCCc2ncc[nH]2)(c2ccc(Cl)cc2)O1. The molecule has 2 N–H and O–H groups in total. The molecular weight excluding hydrogens is 320 g/mol. The lowest BCUT2D eigenvalue weighted by Gasteiger charge is -2.29. The largest absolute Gasteiger partial charge is 0.394 e. The summed E-state index contributed by atoms with van der Waals surface area (Å²) in [5.74, 6) is 1.80. The number of aromatic nitrogens is 2. The van der Waals surface area contributed by atoms with E-state index in [2.05, 4.69) is 9.97 Å². The highest BCUT2D eigenvalue weighted by Gasteiger charge is 2.41. The number of rotatable bonds is 6. The van der Waals surface area contributed by atoms with Crippen LogP contribution in [-0.2, 0) is 16.1 Å². The first-order chi connectivity index (χ1) is 10.7. The Morgan fingerprint density at radius 2 is 2.23 bits per heavy atom. The van der Waals surface area contributed by atoms with Crippen LogP contribution in [0, 0.1) is 0 Å². The van der Waals surface area contributed by atoms with Crippen molar-refractivity contribution in [3.05, 3.63) is 53.1 Å². The molecule has 1 aliphatic heterocycles. The number of halogens is 1. The van der Waals surface area contributed by atoms with E-state index in [1.54, 1.807) is 18.0 Å². The second-order valence-corrected chi connectivity index (χ2v) is 7.10. The summed E-state index contributed by atoms with van der Waals surface area (Å²) in [4.78, 5) is 6.99. The molecule has 4 nitrogen and oxygen atoms in total. The van der Waals surface area contributed by atoms with E-state index in [0.29, 0.717) is 0 Å². The van der Waals surface area contributed by atoms with E-state index < -0.39 is 4.93 Å². The summed E-state index contributed by atoms with van der Waals surface area (Å²) in [6, 6.07) is 7.81. The highest BCUT2D eigenvalue weighted by Crippen LogP contribution is 2.48. The third kappa shape index (κ3) is 3.49. The zero-order valence-corrected chi connectivity index (χ0v) is 13.7. The van der Waals surface area contributed by atoms with Crippen LogP contribution in [0.5, 0.6) is 0 Å². The maximum Gasteiger partial charge on any atom is 0.139 e. The van der Waals surface area contributed by atoms with E-state index >= 15 is 0 Å². The summed E-state index contributed by atoms with van der Waals surface area (Å²) >= 11 is 7.75. The quantitative estimate of drug-likeness (QED) is 0.848. The average Bonchev–Trinajstić information content (AvgIpc) is 3.18. The van der Waals surface area contributed by atoms with Crippen molar-refractivity contribution in [3.8, 4) is 0 Å². The molecule has 0 amide bonds. The number of nitrogens with zero attached hydrogens (tertiary/aromatic N) is 1.